The summed E-state index contributed by atoms with van der Waals surface area (Å²) in [5.41, 5.74) is 3.43. The number of carbonyl (C=O) groups excluding carboxylic acids is 1. The molecule has 0 saturated carbocycles. The number of hydrogen-bond acceptors (Lipinski definition) is 4. The summed E-state index contributed by atoms with van der Waals surface area (Å²) < 4.78 is 5.41. The Kier molecular flexibility index (Phi) is 4.42. The van der Waals surface area contributed by atoms with E-state index in [4.69, 9.17) is 4.52 Å². The first-order valence-corrected chi connectivity index (χ1v) is 7.85. The topological polar surface area (TPSA) is 68.0 Å². The maximum atomic E-state index is 12.0. The number of benzene rings is 2. The molecule has 0 aliphatic heterocycles. The predicted octanol–water partition coefficient (Wildman–Crippen LogP) is 4.31. The van der Waals surface area contributed by atoms with E-state index in [9.17, 15) is 4.79 Å². The molecular weight excluding hydrogens is 302 g/mol. The molecule has 1 N–H and O–H groups in total. The average Bonchev–Trinajstić information content (AvgIpc) is 3.05. The Bertz CT molecular complexity index is 851. The van der Waals surface area contributed by atoms with Crippen LogP contribution in [-0.2, 0) is 4.79 Å². The lowest BCUT2D eigenvalue weighted by Crippen LogP contribution is -2.18. The molecule has 0 spiro atoms. The third-order valence-electron chi connectivity index (χ3n) is 3.68. The molecular formula is C19H19N3O2. The van der Waals surface area contributed by atoms with E-state index in [0.717, 1.165) is 5.56 Å². The van der Waals surface area contributed by atoms with E-state index in [0.29, 0.717) is 23.0 Å². The second-order valence-corrected chi connectivity index (χ2v) is 5.98. The fourth-order valence-electron chi connectivity index (χ4n) is 2.21. The molecule has 5 heteroatoms. The minimum atomic E-state index is -0.108. The molecule has 0 atom stereocenters. The van der Waals surface area contributed by atoms with Gasteiger partial charge in [0.2, 0.25) is 11.7 Å². The van der Waals surface area contributed by atoms with Crippen molar-refractivity contribution in [3.05, 3.63) is 54.1 Å². The van der Waals surface area contributed by atoms with Crippen LogP contribution in [0.4, 0.5) is 5.69 Å². The van der Waals surface area contributed by atoms with Crippen LogP contribution >= 0.6 is 0 Å². The molecule has 3 aromatic rings. The van der Waals surface area contributed by atoms with Crippen molar-refractivity contribution < 1.29 is 9.32 Å². The van der Waals surface area contributed by atoms with Crippen LogP contribution in [0.1, 0.15) is 19.4 Å². The summed E-state index contributed by atoms with van der Waals surface area (Å²) in [6, 6.07) is 15.3. The number of nitrogens with zero attached hydrogens (tertiary/aromatic N) is 2. The molecule has 0 aliphatic carbocycles. The number of aryl methyl sites for hydroxylation is 1. The van der Waals surface area contributed by atoms with Crippen molar-refractivity contribution in [1.82, 2.24) is 10.1 Å². The molecule has 2 aromatic carbocycles. The zero-order chi connectivity index (χ0) is 17.1. The standard InChI is InChI=1S/C19H19N3O2/c1-12(2)18(23)20-16-7-5-4-6-15(16)19-21-17(22-24-19)14-10-8-13(3)9-11-14/h4-12H,1-3H3,(H,20,23). The highest BCUT2D eigenvalue weighted by atomic mass is 16.5. The van der Waals surface area contributed by atoms with Gasteiger partial charge in [0, 0.05) is 11.5 Å². The van der Waals surface area contributed by atoms with Gasteiger partial charge in [-0.1, -0.05) is 61.0 Å². The van der Waals surface area contributed by atoms with E-state index in [1.165, 1.54) is 5.56 Å². The Labute approximate surface area is 140 Å². The van der Waals surface area contributed by atoms with Gasteiger partial charge in [0.1, 0.15) is 0 Å². The SMILES string of the molecule is Cc1ccc(-c2noc(-c3ccccc3NC(=O)C(C)C)n2)cc1. The highest BCUT2D eigenvalue weighted by Crippen LogP contribution is 2.28. The Morgan fingerprint density at radius 2 is 1.79 bits per heavy atom. The van der Waals surface area contributed by atoms with Gasteiger partial charge in [-0.2, -0.15) is 4.98 Å². The van der Waals surface area contributed by atoms with E-state index in [-0.39, 0.29) is 11.8 Å². The Morgan fingerprint density at radius 1 is 1.08 bits per heavy atom. The van der Waals surface area contributed by atoms with Crippen LogP contribution in [0.15, 0.2) is 53.1 Å². The monoisotopic (exact) mass is 321 g/mol. The van der Waals surface area contributed by atoms with Crippen LogP contribution in [0, 0.1) is 12.8 Å². The van der Waals surface area contributed by atoms with Gasteiger partial charge in [0.25, 0.3) is 5.89 Å². The maximum absolute atomic E-state index is 12.0. The summed E-state index contributed by atoms with van der Waals surface area (Å²) in [5.74, 6) is 0.741. The molecule has 122 valence electrons. The van der Waals surface area contributed by atoms with E-state index in [2.05, 4.69) is 15.5 Å². The lowest BCUT2D eigenvalue weighted by atomic mass is 10.1. The summed E-state index contributed by atoms with van der Waals surface area (Å²) in [6.07, 6.45) is 0. The van der Waals surface area contributed by atoms with Gasteiger partial charge in [-0.3, -0.25) is 4.79 Å². The molecule has 0 bridgehead atoms. The molecule has 1 aromatic heterocycles. The summed E-state index contributed by atoms with van der Waals surface area (Å²) in [7, 11) is 0. The summed E-state index contributed by atoms with van der Waals surface area (Å²) >= 11 is 0. The quantitative estimate of drug-likeness (QED) is 0.777. The number of rotatable bonds is 4. The molecule has 24 heavy (non-hydrogen) atoms. The number of aromatic nitrogens is 2. The molecule has 0 aliphatic rings. The number of para-hydroxylation sites is 1. The lowest BCUT2D eigenvalue weighted by molar-refractivity contribution is -0.118. The van der Waals surface area contributed by atoms with Crippen molar-refractivity contribution in [1.29, 1.82) is 0 Å². The Morgan fingerprint density at radius 3 is 2.50 bits per heavy atom. The fraction of sp³-hybridized carbons (Fsp3) is 0.211. The van der Waals surface area contributed by atoms with Gasteiger partial charge >= 0.3 is 0 Å². The third kappa shape index (κ3) is 3.35. The molecule has 1 amide bonds. The van der Waals surface area contributed by atoms with Gasteiger partial charge < -0.3 is 9.84 Å². The normalized spacial score (nSPS) is 10.8. The smallest absolute Gasteiger partial charge is 0.260 e. The van der Waals surface area contributed by atoms with Crippen molar-refractivity contribution >= 4 is 11.6 Å². The molecule has 0 saturated heterocycles. The summed E-state index contributed by atoms with van der Waals surface area (Å²) in [6.45, 7) is 5.72. The number of nitrogens with one attached hydrogen (secondary N) is 1. The molecule has 5 nitrogen and oxygen atoms in total. The number of anilines is 1. The second-order valence-electron chi connectivity index (χ2n) is 5.98. The van der Waals surface area contributed by atoms with Crippen LogP contribution in [-0.4, -0.2) is 16.0 Å². The van der Waals surface area contributed by atoms with E-state index < -0.39 is 0 Å². The van der Waals surface area contributed by atoms with Crippen LogP contribution in [0.3, 0.4) is 0 Å². The van der Waals surface area contributed by atoms with Gasteiger partial charge in [-0.25, -0.2) is 0 Å². The predicted molar refractivity (Wildman–Crippen MR) is 93.4 cm³/mol. The zero-order valence-corrected chi connectivity index (χ0v) is 13.9. The molecule has 0 unspecified atom stereocenters. The first-order valence-electron chi connectivity index (χ1n) is 7.85. The minimum Gasteiger partial charge on any atom is -0.334 e. The second kappa shape index (κ2) is 6.66. The van der Waals surface area contributed by atoms with Gasteiger partial charge in [0.05, 0.1) is 11.3 Å². The fourth-order valence-corrected chi connectivity index (χ4v) is 2.21. The Balaban J connectivity index is 1.93. The maximum Gasteiger partial charge on any atom is 0.260 e. The number of amides is 1. The highest BCUT2D eigenvalue weighted by molar-refractivity contribution is 5.95. The van der Waals surface area contributed by atoms with Crippen molar-refractivity contribution in [3.63, 3.8) is 0 Å². The first kappa shape index (κ1) is 15.9. The zero-order valence-electron chi connectivity index (χ0n) is 13.9. The largest absolute Gasteiger partial charge is 0.334 e. The van der Waals surface area contributed by atoms with Gasteiger partial charge in [-0.15, -0.1) is 0 Å². The average molecular weight is 321 g/mol. The molecule has 0 radical (unpaired) electrons. The highest BCUT2D eigenvalue weighted by Gasteiger charge is 2.16. The van der Waals surface area contributed by atoms with Crippen molar-refractivity contribution in [2.45, 2.75) is 20.8 Å². The van der Waals surface area contributed by atoms with E-state index >= 15 is 0 Å². The number of carbonyl (C=O) groups is 1. The lowest BCUT2D eigenvalue weighted by Gasteiger charge is -2.10. The summed E-state index contributed by atoms with van der Waals surface area (Å²) in [5, 5.41) is 6.95. The molecule has 3 rings (SSSR count). The van der Waals surface area contributed by atoms with Gasteiger partial charge in [0.15, 0.2) is 0 Å². The van der Waals surface area contributed by atoms with Crippen molar-refractivity contribution in [3.8, 4) is 22.8 Å². The Hall–Kier alpha value is -2.95. The minimum absolute atomic E-state index is 0.0549. The van der Waals surface area contributed by atoms with Gasteiger partial charge in [-0.05, 0) is 19.1 Å². The van der Waals surface area contributed by atoms with Crippen molar-refractivity contribution in [2.24, 2.45) is 5.92 Å². The summed E-state index contributed by atoms with van der Waals surface area (Å²) in [4.78, 5) is 16.4. The van der Waals surface area contributed by atoms with Crippen LogP contribution in [0.25, 0.3) is 22.8 Å². The van der Waals surface area contributed by atoms with Crippen LogP contribution in [0.2, 0.25) is 0 Å². The molecule has 1 heterocycles. The van der Waals surface area contributed by atoms with Crippen molar-refractivity contribution in [2.75, 3.05) is 5.32 Å². The number of hydrogen-bond donors (Lipinski definition) is 1. The first-order chi connectivity index (χ1) is 11.5. The molecule has 0 fully saturated rings. The van der Waals surface area contributed by atoms with E-state index in [1.807, 2.05) is 69.3 Å². The van der Waals surface area contributed by atoms with E-state index in [1.54, 1.807) is 0 Å². The third-order valence-corrected chi connectivity index (χ3v) is 3.68. The van der Waals surface area contributed by atoms with Crippen LogP contribution < -0.4 is 5.32 Å². The van der Waals surface area contributed by atoms with Crippen LogP contribution in [0.5, 0.6) is 0 Å².